The van der Waals surface area contributed by atoms with Crippen molar-refractivity contribution in [1.29, 1.82) is 0 Å². The SMILES string of the molecule is N[C@@H](Cc1ccccc1)C[C@](N)([C]=O)Cc1ccccc1. The standard InChI is InChI=1S/C18H21N2O/c19-17(11-15-7-3-1-4-8-15)13-18(20,14-21)12-16-9-5-2-6-10-16/h1-10,17H,11-13,19-20H2/t17-,18-/m0/s1. The van der Waals surface area contributed by atoms with Crippen molar-refractivity contribution in [3.8, 4) is 0 Å². The van der Waals surface area contributed by atoms with Crippen LogP contribution in [0.2, 0.25) is 0 Å². The Morgan fingerprint density at radius 2 is 1.48 bits per heavy atom. The van der Waals surface area contributed by atoms with E-state index >= 15 is 0 Å². The quantitative estimate of drug-likeness (QED) is 0.815. The van der Waals surface area contributed by atoms with E-state index in [2.05, 4.69) is 0 Å². The summed E-state index contributed by atoms with van der Waals surface area (Å²) >= 11 is 0. The minimum absolute atomic E-state index is 0.164. The maximum absolute atomic E-state index is 11.3. The maximum Gasteiger partial charge on any atom is 0.220 e. The first-order valence-corrected chi connectivity index (χ1v) is 7.13. The highest BCUT2D eigenvalue weighted by molar-refractivity contribution is 5.65. The third kappa shape index (κ3) is 4.81. The van der Waals surface area contributed by atoms with Gasteiger partial charge in [-0.2, -0.15) is 0 Å². The third-order valence-electron chi connectivity index (χ3n) is 3.53. The van der Waals surface area contributed by atoms with E-state index in [1.807, 2.05) is 66.9 Å². The molecule has 109 valence electrons. The summed E-state index contributed by atoms with van der Waals surface area (Å²) in [5.41, 5.74) is 13.5. The summed E-state index contributed by atoms with van der Waals surface area (Å²) in [5.74, 6) is 0. The van der Waals surface area contributed by atoms with Crippen LogP contribution in [-0.4, -0.2) is 17.9 Å². The van der Waals surface area contributed by atoms with Crippen molar-refractivity contribution < 1.29 is 4.79 Å². The highest BCUT2D eigenvalue weighted by Crippen LogP contribution is 2.16. The highest BCUT2D eigenvalue weighted by atomic mass is 16.1. The molecule has 21 heavy (non-hydrogen) atoms. The van der Waals surface area contributed by atoms with Crippen LogP contribution in [-0.2, 0) is 17.6 Å². The fourth-order valence-corrected chi connectivity index (χ4v) is 2.57. The molecule has 0 heterocycles. The number of hydrogen-bond acceptors (Lipinski definition) is 3. The van der Waals surface area contributed by atoms with E-state index in [-0.39, 0.29) is 6.04 Å². The number of carbonyl (C=O) groups excluding carboxylic acids is 1. The zero-order valence-corrected chi connectivity index (χ0v) is 12.0. The lowest BCUT2D eigenvalue weighted by atomic mass is 9.85. The molecule has 4 N–H and O–H groups in total. The second-order valence-corrected chi connectivity index (χ2v) is 5.57. The molecule has 2 aromatic rings. The number of nitrogens with two attached hydrogens (primary N) is 2. The molecule has 1 radical (unpaired) electrons. The highest BCUT2D eigenvalue weighted by Gasteiger charge is 2.28. The summed E-state index contributed by atoms with van der Waals surface area (Å²) in [6.45, 7) is 0. The first-order valence-electron chi connectivity index (χ1n) is 7.13. The molecule has 0 amide bonds. The Balaban J connectivity index is 1.98. The van der Waals surface area contributed by atoms with E-state index in [9.17, 15) is 4.79 Å². The average molecular weight is 281 g/mol. The minimum atomic E-state index is -1.03. The fraction of sp³-hybridized carbons (Fsp3) is 0.278. The number of benzene rings is 2. The number of rotatable bonds is 7. The van der Waals surface area contributed by atoms with Crippen LogP contribution < -0.4 is 11.5 Å². The van der Waals surface area contributed by atoms with Crippen molar-refractivity contribution in [3.63, 3.8) is 0 Å². The first kappa shape index (κ1) is 15.4. The van der Waals surface area contributed by atoms with E-state index in [0.29, 0.717) is 19.3 Å². The second kappa shape index (κ2) is 7.16. The molecule has 2 aromatic carbocycles. The normalized spacial score (nSPS) is 15.1. The Hall–Kier alpha value is -1.97. The smallest absolute Gasteiger partial charge is 0.220 e. The fourth-order valence-electron chi connectivity index (χ4n) is 2.57. The predicted octanol–water partition coefficient (Wildman–Crippen LogP) is 2.00. The van der Waals surface area contributed by atoms with Gasteiger partial charge in [-0.15, -0.1) is 0 Å². The van der Waals surface area contributed by atoms with Crippen LogP contribution in [0.3, 0.4) is 0 Å². The lowest BCUT2D eigenvalue weighted by Crippen LogP contribution is -2.48. The minimum Gasteiger partial charge on any atom is -0.327 e. The van der Waals surface area contributed by atoms with Crippen LogP contribution in [0.5, 0.6) is 0 Å². The molecular formula is C18H21N2O. The molecule has 0 aliphatic rings. The topological polar surface area (TPSA) is 69.1 Å². The van der Waals surface area contributed by atoms with Crippen molar-refractivity contribution in [2.75, 3.05) is 0 Å². The van der Waals surface area contributed by atoms with E-state index in [4.69, 9.17) is 11.5 Å². The molecule has 0 unspecified atom stereocenters. The van der Waals surface area contributed by atoms with E-state index < -0.39 is 5.54 Å². The van der Waals surface area contributed by atoms with E-state index in [1.54, 1.807) is 0 Å². The van der Waals surface area contributed by atoms with Crippen LogP contribution >= 0.6 is 0 Å². The van der Waals surface area contributed by atoms with Gasteiger partial charge in [-0.1, -0.05) is 60.7 Å². The largest absolute Gasteiger partial charge is 0.327 e. The Bertz CT molecular complexity index is 556. The molecule has 0 fully saturated rings. The Morgan fingerprint density at radius 1 is 0.952 bits per heavy atom. The molecule has 2 atom stereocenters. The lowest BCUT2D eigenvalue weighted by molar-refractivity contribution is 0.419. The van der Waals surface area contributed by atoms with Gasteiger partial charge in [-0.3, -0.25) is 4.79 Å². The van der Waals surface area contributed by atoms with Crippen LogP contribution in [0, 0.1) is 0 Å². The lowest BCUT2D eigenvalue weighted by Gasteiger charge is -2.26. The van der Waals surface area contributed by atoms with Gasteiger partial charge in [0.25, 0.3) is 0 Å². The van der Waals surface area contributed by atoms with Crippen molar-refractivity contribution in [1.82, 2.24) is 0 Å². The van der Waals surface area contributed by atoms with Crippen molar-refractivity contribution in [2.24, 2.45) is 11.5 Å². The van der Waals surface area contributed by atoms with Crippen LogP contribution in [0.15, 0.2) is 60.7 Å². The van der Waals surface area contributed by atoms with Gasteiger partial charge in [0.2, 0.25) is 6.29 Å². The molecule has 0 aromatic heterocycles. The van der Waals surface area contributed by atoms with Crippen molar-refractivity contribution >= 4 is 6.29 Å². The van der Waals surface area contributed by atoms with Gasteiger partial charge >= 0.3 is 0 Å². The molecule has 3 nitrogen and oxygen atoms in total. The average Bonchev–Trinajstić information content (AvgIpc) is 2.49. The van der Waals surface area contributed by atoms with Gasteiger partial charge < -0.3 is 11.5 Å². The maximum atomic E-state index is 11.3. The van der Waals surface area contributed by atoms with Crippen LogP contribution in [0.25, 0.3) is 0 Å². The van der Waals surface area contributed by atoms with Crippen molar-refractivity contribution in [3.05, 3.63) is 71.8 Å². The zero-order chi connectivity index (χ0) is 15.1. The van der Waals surface area contributed by atoms with Gasteiger partial charge in [0, 0.05) is 6.04 Å². The van der Waals surface area contributed by atoms with Crippen molar-refractivity contribution in [2.45, 2.75) is 30.8 Å². The zero-order valence-electron chi connectivity index (χ0n) is 12.0. The number of hydrogen-bond donors (Lipinski definition) is 2. The molecule has 0 aliphatic heterocycles. The summed E-state index contributed by atoms with van der Waals surface area (Å²) in [7, 11) is 0. The molecule has 0 saturated carbocycles. The predicted molar refractivity (Wildman–Crippen MR) is 85.5 cm³/mol. The molecule has 0 spiro atoms. The van der Waals surface area contributed by atoms with Gasteiger partial charge in [0.1, 0.15) is 0 Å². The molecule has 0 saturated heterocycles. The Labute approximate surface area is 126 Å². The molecular weight excluding hydrogens is 260 g/mol. The molecule has 2 rings (SSSR count). The Morgan fingerprint density at radius 3 is 2.00 bits per heavy atom. The summed E-state index contributed by atoms with van der Waals surface area (Å²) < 4.78 is 0. The van der Waals surface area contributed by atoms with Crippen LogP contribution in [0.4, 0.5) is 0 Å². The second-order valence-electron chi connectivity index (χ2n) is 5.57. The summed E-state index contributed by atoms with van der Waals surface area (Å²) in [5, 5.41) is 0. The van der Waals surface area contributed by atoms with E-state index in [0.717, 1.165) is 11.1 Å². The van der Waals surface area contributed by atoms with Gasteiger partial charge in [0.15, 0.2) is 0 Å². The van der Waals surface area contributed by atoms with Gasteiger partial charge in [0.05, 0.1) is 5.54 Å². The summed E-state index contributed by atoms with van der Waals surface area (Å²) in [6, 6.07) is 19.5. The summed E-state index contributed by atoms with van der Waals surface area (Å²) in [4.78, 5) is 11.3. The van der Waals surface area contributed by atoms with Gasteiger partial charge in [-0.25, -0.2) is 0 Å². The Kier molecular flexibility index (Phi) is 5.26. The van der Waals surface area contributed by atoms with Crippen LogP contribution in [0.1, 0.15) is 17.5 Å². The third-order valence-corrected chi connectivity index (χ3v) is 3.53. The molecule has 3 heteroatoms. The monoisotopic (exact) mass is 281 g/mol. The first-order chi connectivity index (χ1) is 10.1. The molecule has 0 aliphatic carbocycles. The van der Waals surface area contributed by atoms with E-state index in [1.165, 1.54) is 0 Å². The van der Waals surface area contributed by atoms with Gasteiger partial charge in [-0.05, 0) is 30.4 Å². The molecule has 0 bridgehead atoms. The summed E-state index contributed by atoms with van der Waals surface area (Å²) in [6.07, 6.45) is 3.57.